The molecular formula is C13H15F3O2. The van der Waals surface area contributed by atoms with Gasteiger partial charge in [-0.1, -0.05) is 12.1 Å². The van der Waals surface area contributed by atoms with Crippen LogP contribution in [-0.4, -0.2) is 17.8 Å². The normalized spacial score (nSPS) is 22.8. The van der Waals surface area contributed by atoms with Gasteiger partial charge >= 0.3 is 6.18 Å². The number of ether oxygens (including phenoxy) is 1. The smallest absolute Gasteiger partial charge is 0.386 e. The molecule has 1 fully saturated rings. The first-order valence-electron chi connectivity index (χ1n) is 5.95. The van der Waals surface area contributed by atoms with Crippen LogP contribution in [0.4, 0.5) is 13.2 Å². The maximum absolute atomic E-state index is 12.6. The topological polar surface area (TPSA) is 29.5 Å². The fourth-order valence-corrected chi connectivity index (χ4v) is 2.13. The van der Waals surface area contributed by atoms with E-state index in [1.807, 2.05) is 0 Å². The van der Waals surface area contributed by atoms with E-state index in [0.29, 0.717) is 13.0 Å². The van der Waals surface area contributed by atoms with Crippen molar-refractivity contribution < 1.29 is 23.0 Å². The van der Waals surface area contributed by atoms with Crippen molar-refractivity contribution in [3.63, 3.8) is 0 Å². The maximum Gasteiger partial charge on any atom is 0.416 e. The molecule has 1 heterocycles. The molecule has 0 spiro atoms. The minimum Gasteiger partial charge on any atom is -0.386 e. The van der Waals surface area contributed by atoms with Gasteiger partial charge in [0, 0.05) is 6.61 Å². The molecule has 1 aliphatic heterocycles. The first-order valence-corrected chi connectivity index (χ1v) is 5.95. The number of aliphatic hydroxyl groups excluding tert-OH is 1. The molecule has 18 heavy (non-hydrogen) atoms. The number of alkyl halides is 3. The lowest BCUT2D eigenvalue weighted by atomic mass is 9.97. The molecular weight excluding hydrogens is 245 g/mol. The highest BCUT2D eigenvalue weighted by molar-refractivity contribution is 5.27. The number of halogens is 3. The van der Waals surface area contributed by atoms with E-state index in [9.17, 15) is 18.3 Å². The second-order valence-electron chi connectivity index (χ2n) is 4.47. The molecule has 2 unspecified atom stereocenters. The summed E-state index contributed by atoms with van der Waals surface area (Å²) in [5, 5.41) is 10.0. The zero-order valence-electron chi connectivity index (χ0n) is 9.78. The largest absolute Gasteiger partial charge is 0.416 e. The molecule has 2 atom stereocenters. The Labute approximate surface area is 103 Å². The first kappa shape index (κ1) is 13.4. The van der Waals surface area contributed by atoms with Crippen LogP contribution in [0.5, 0.6) is 0 Å². The Kier molecular flexibility index (Phi) is 3.92. The number of hydrogen-bond acceptors (Lipinski definition) is 2. The molecule has 0 saturated carbocycles. The Hall–Kier alpha value is -1.07. The van der Waals surface area contributed by atoms with E-state index >= 15 is 0 Å². The lowest BCUT2D eigenvalue weighted by molar-refractivity contribution is -0.137. The summed E-state index contributed by atoms with van der Waals surface area (Å²) in [6.45, 7) is 0.556. The van der Waals surface area contributed by atoms with E-state index in [-0.39, 0.29) is 5.56 Å². The standard InChI is InChI=1S/C13H15F3O2/c14-13(15,16)10-5-3-4-9(8-10)12(17)11-6-1-2-7-18-11/h3-5,8,11-12,17H,1-2,6-7H2. The van der Waals surface area contributed by atoms with Gasteiger partial charge in [-0.2, -0.15) is 13.2 Å². The van der Waals surface area contributed by atoms with Crippen LogP contribution in [0.1, 0.15) is 36.5 Å². The number of aliphatic hydroxyl groups is 1. The Morgan fingerprint density at radius 3 is 2.67 bits per heavy atom. The lowest BCUT2D eigenvalue weighted by Gasteiger charge is -2.27. The quantitative estimate of drug-likeness (QED) is 0.884. The highest BCUT2D eigenvalue weighted by atomic mass is 19.4. The Morgan fingerprint density at radius 2 is 2.06 bits per heavy atom. The molecule has 1 saturated heterocycles. The van der Waals surface area contributed by atoms with Gasteiger partial charge in [-0.05, 0) is 37.0 Å². The molecule has 0 aliphatic carbocycles. The van der Waals surface area contributed by atoms with E-state index in [1.165, 1.54) is 12.1 Å². The van der Waals surface area contributed by atoms with Crippen molar-refractivity contribution >= 4 is 0 Å². The summed E-state index contributed by atoms with van der Waals surface area (Å²) in [5.74, 6) is 0. The maximum atomic E-state index is 12.6. The predicted octanol–water partition coefficient (Wildman–Crippen LogP) is 3.31. The van der Waals surface area contributed by atoms with Crippen LogP contribution in [0, 0.1) is 0 Å². The third kappa shape index (κ3) is 3.03. The van der Waals surface area contributed by atoms with E-state index in [4.69, 9.17) is 4.74 Å². The molecule has 1 aromatic carbocycles. The van der Waals surface area contributed by atoms with Crippen LogP contribution in [0.2, 0.25) is 0 Å². The fraction of sp³-hybridized carbons (Fsp3) is 0.538. The fourth-order valence-electron chi connectivity index (χ4n) is 2.13. The van der Waals surface area contributed by atoms with Crippen molar-refractivity contribution in [1.82, 2.24) is 0 Å². The minimum atomic E-state index is -4.39. The summed E-state index contributed by atoms with van der Waals surface area (Å²) in [6.07, 6.45) is -3.23. The molecule has 1 aliphatic rings. The van der Waals surface area contributed by atoms with Crippen molar-refractivity contribution in [3.05, 3.63) is 35.4 Å². The third-order valence-electron chi connectivity index (χ3n) is 3.12. The van der Waals surface area contributed by atoms with Crippen molar-refractivity contribution in [3.8, 4) is 0 Å². The monoisotopic (exact) mass is 260 g/mol. The van der Waals surface area contributed by atoms with Gasteiger partial charge in [-0.25, -0.2) is 0 Å². The average molecular weight is 260 g/mol. The van der Waals surface area contributed by atoms with E-state index < -0.39 is 23.9 Å². The van der Waals surface area contributed by atoms with Gasteiger partial charge in [0.15, 0.2) is 0 Å². The van der Waals surface area contributed by atoms with Gasteiger partial charge in [-0.3, -0.25) is 0 Å². The van der Waals surface area contributed by atoms with Crippen molar-refractivity contribution in [2.75, 3.05) is 6.61 Å². The van der Waals surface area contributed by atoms with Crippen LogP contribution in [0.15, 0.2) is 24.3 Å². The zero-order chi connectivity index (χ0) is 13.2. The SMILES string of the molecule is OC(c1cccc(C(F)(F)F)c1)C1CCCCO1. The van der Waals surface area contributed by atoms with Gasteiger partial charge in [0.1, 0.15) is 6.10 Å². The average Bonchev–Trinajstić information content (AvgIpc) is 2.38. The molecule has 0 aromatic heterocycles. The lowest BCUT2D eigenvalue weighted by Crippen LogP contribution is -2.26. The van der Waals surface area contributed by atoms with Crippen LogP contribution in [0.25, 0.3) is 0 Å². The summed E-state index contributed by atoms with van der Waals surface area (Å²) in [6, 6.07) is 4.79. The molecule has 100 valence electrons. The molecule has 1 aromatic rings. The number of hydrogen-bond donors (Lipinski definition) is 1. The highest BCUT2D eigenvalue weighted by Crippen LogP contribution is 2.32. The molecule has 2 nitrogen and oxygen atoms in total. The number of benzene rings is 1. The first-order chi connectivity index (χ1) is 8.48. The van der Waals surface area contributed by atoms with Crippen molar-refractivity contribution in [2.45, 2.75) is 37.6 Å². The molecule has 0 amide bonds. The van der Waals surface area contributed by atoms with E-state index in [1.54, 1.807) is 0 Å². The second-order valence-corrected chi connectivity index (χ2v) is 4.47. The van der Waals surface area contributed by atoms with Crippen LogP contribution in [0.3, 0.4) is 0 Å². The molecule has 0 bridgehead atoms. The third-order valence-corrected chi connectivity index (χ3v) is 3.12. The minimum absolute atomic E-state index is 0.261. The molecule has 0 radical (unpaired) electrons. The molecule has 1 N–H and O–H groups in total. The van der Waals surface area contributed by atoms with Crippen molar-refractivity contribution in [2.24, 2.45) is 0 Å². The van der Waals surface area contributed by atoms with Gasteiger partial charge in [0.2, 0.25) is 0 Å². The number of rotatable bonds is 2. The summed E-state index contributed by atoms with van der Waals surface area (Å²) < 4.78 is 43.1. The van der Waals surface area contributed by atoms with Crippen LogP contribution < -0.4 is 0 Å². The highest BCUT2D eigenvalue weighted by Gasteiger charge is 2.32. The Balaban J connectivity index is 2.17. The zero-order valence-corrected chi connectivity index (χ0v) is 9.78. The summed E-state index contributed by atoms with van der Waals surface area (Å²) >= 11 is 0. The predicted molar refractivity (Wildman–Crippen MR) is 60.0 cm³/mol. The Morgan fingerprint density at radius 1 is 1.28 bits per heavy atom. The summed E-state index contributed by atoms with van der Waals surface area (Å²) in [5.41, 5.74) is -0.480. The summed E-state index contributed by atoms with van der Waals surface area (Å²) in [7, 11) is 0. The van der Waals surface area contributed by atoms with Crippen LogP contribution >= 0.6 is 0 Å². The van der Waals surface area contributed by atoms with Crippen LogP contribution in [-0.2, 0) is 10.9 Å². The van der Waals surface area contributed by atoms with Gasteiger partial charge in [0.05, 0.1) is 11.7 Å². The molecule has 2 rings (SSSR count). The van der Waals surface area contributed by atoms with E-state index in [2.05, 4.69) is 0 Å². The summed E-state index contributed by atoms with van der Waals surface area (Å²) in [4.78, 5) is 0. The Bertz CT molecular complexity index is 397. The molecule has 5 heteroatoms. The van der Waals surface area contributed by atoms with E-state index in [0.717, 1.165) is 25.0 Å². The van der Waals surface area contributed by atoms with Gasteiger partial charge < -0.3 is 9.84 Å². The second kappa shape index (κ2) is 5.28. The van der Waals surface area contributed by atoms with Crippen molar-refractivity contribution in [1.29, 1.82) is 0 Å². The van der Waals surface area contributed by atoms with Gasteiger partial charge in [-0.15, -0.1) is 0 Å². The van der Waals surface area contributed by atoms with Gasteiger partial charge in [0.25, 0.3) is 0 Å².